The Morgan fingerprint density at radius 3 is 2.80 bits per heavy atom. The van der Waals surface area contributed by atoms with E-state index in [1.54, 1.807) is 18.2 Å². The minimum Gasteiger partial charge on any atom is -0.366 e. The highest BCUT2D eigenvalue weighted by Gasteiger charge is 2.10. The highest BCUT2D eigenvalue weighted by Crippen LogP contribution is 2.26. The van der Waals surface area contributed by atoms with Crippen molar-refractivity contribution in [1.29, 1.82) is 0 Å². The zero-order valence-electron chi connectivity index (χ0n) is 12.1. The van der Waals surface area contributed by atoms with Gasteiger partial charge in [0.25, 0.3) is 0 Å². The molecule has 3 heteroatoms. The van der Waals surface area contributed by atoms with E-state index >= 15 is 0 Å². The van der Waals surface area contributed by atoms with Crippen LogP contribution in [0, 0.1) is 6.92 Å². The van der Waals surface area contributed by atoms with Gasteiger partial charge in [0.1, 0.15) is 0 Å². The molecule has 2 N–H and O–H groups in total. The van der Waals surface area contributed by atoms with E-state index in [9.17, 15) is 4.79 Å². The Bertz CT molecular complexity index is 859. The fourth-order valence-corrected chi connectivity index (χ4v) is 2.32. The lowest BCUT2D eigenvalue weighted by Crippen LogP contribution is -2.12. The van der Waals surface area contributed by atoms with Gasteiger partial charge in [0, 0.05) is 22.7 Å². The van der Waals surface area contributed by atoms with Crippen molar-refractivity contribution in [3.8, 4) is 11.3 Å². The quantitative estimate of drug-likeness (QED) is 0.771. The molecular weight excluding hydrogens is 248 g/mol. The summed E-state index contributed by atoms with van der Waals surface area (Å²) in [5, 5.41) is 1.77. The molecule has 0 saturated heterocycles. The number of aromatic nitrogens is 1. The van der Waals surface area contributed by atoms with Crippen LogP contribution in [0.15, 0.2) is 54.7 Å². The number of nitrogens with two attached hydrogens (primary N) is 1. The lowest BCUT2D eigenvalue weighted by Gasteiger charge is -2.08. The fourth-order valence-electron chi connectivity index (χ4n) is 2.32. The van der Waals surface area contributed by atoms with Crippen LogP contribution in [0.2, 0.25) is 0 Å². The van der Waals surface area contributed by atoms with Crippen molar-refractivity contribution in [3.63, 3.8) is 0 Å². The van der Waals surface area contributed by atoms with E-state index < -0.39 is 5.91 Å². The number of carbonyl (C=O) groups is 1. The molecule has 20 heavy (non-hydrogen) atoms. The normalized spacial score (nSPS) is 11.3. The van der Waals surface area contributed by atoms with E-state index in [1.807, 2.05) is 37.3 Å². The van der Waals surface area contributed by atoms with E-state index in [2.05, 4.69) is 4.98 Å². The molecule has 0 aliphatic rings. The summed E-state index contributed by atoms with van der Waals surface area (Å²) in [6.07, 6.45) is 0.208. The Morgan fingerprint density at radius 1 is 1.20 bits per heavy atom. The maximum Gasteiger partial charge on any atom is 0.249 e. The number of hydrogen-bond donors (Lipinski definition) is 1. The van der Waals surface area contributed by atoms with Gasteiger partial charge in [0.15, 0.2) is 0 Å². The van der Waals surface area contributed by atoms with Crippen LogP contribution in [0.3, 0.4) is 0 Å². The molecular formula is C17H14N2O. The summed E-state index contributed by atoms with van der Waals surface area (Å²) in [6.45, 7) is 1.96. The number of fused-ring (bicyclic) bond motifs is 1. The molecule has 3 nitrogen and oxygen atoms in total. The van der Waals surface area contributed by atoms with E-state index in [-0.39, 0.29) is 6.17 Å². The second kappa shape index (κ2) is 4.78. The van der Waals surface area contributed by atoms with Gasteiger partial charge in [0.05, 0.1) is 7.06 Å². The van der Waals surface area contributed by atoms with Crippen LogP contribution < -0.4 is 5.73 Å². The topological polar surface area (TPSA) is 56.0 Å². The average molecular weight is 263 g/mol. The molecule has 2 aromatic carbocycles. The second-order valence-electron chi connectivity index (χ2n) is 4.70. The summed E-state index contributed by atoms with van der Waals surface area (Å²) in [7, 11) is 0. The van der Waals surface area contributed by atoms with Gasteiger partial charge in [-0.1, -0.05) is 36.4 Å². The van der Waals surface area contributed by atoms with Crippen molar-refractivity contribution >= 4 is 16.7 Å². The van der Waals surface area contributed by atoms with Gasteiger partial charge in [-0.25, -0.2) is 0 Å². The maximum atomic E-state index is 11.5. The third kappa shape index (κ3) is 2.03. The van der Waals surface area contributed by atoms with Crippen molar-refractivity contribution in [2.45, 2.75) is 6.92 Å². The molecule has 0 bridgehead atoms. The van der Waals surface area contributed by atoms with E-state index in [4.69, 9.17) is 7.10 Å². The number of aryl methyl sites for hydroxylation is 1. The number of benzene rings is 2. The molecule has 98 valence electrons. The summed E-state index contributed by atoms with van der Waals surface area (Å²) < 4.78 is 8.15. The number of rotatable bonds is 2. The van der Waals surface area contributed by atoms with Crippen molar-refractivity contribution in [2.75, 3.05) is 0 Å². The number of amides is 1. The Labute approximate surface area is 118 Å². The summed E-state index contributed by atoms with van der Waals surface area (Å²) in [5.41, 5.74) is 8.08. The average Bonchev–Trinajstić information content (AvgIpc) is 2.47. The number of primary amides is 1. The number of nitrogens with zero attached hydrogens (tertiary/aromatic N) is 1. The molecule has 0 aliphatic carbocycles. The van der Waals surface area contributed by atoms with Gasteiger partial charge in [-0.05, 0) is 30.0 Å². The Hall–Kier alpha value is -2.68. The molecule has 1 aromatic heterocycles. The fraction of sp³-hybridized carbons (Fsp3) is 0.0588. The number of carbonyl (C=O) groups excluding carboxylic acids is 1. The molecule has 3 aromatic rings. The zero-order chi connectivity index (χ0) is 15.0. The van der Waals surface area contributed by atoms with Gasteiger partial charge in [-0.2, -0.15) is 0 Å². The van der Waals surface area contributed by atoms with Gasteiger partial charge >= 0.3 is 0 Å². The molecule has 0 unspecified atom stereocenters. The summed E-state index contributed by atoms with van der Waals surface area (Å²) in [6, 6.07) is 14.8. The maximum absolute atomic E-state index is 11.5. The molecule has 0 aliphatic heterocycles. The SMILES string of the molecule is [2H]c1nc(-c2ccccc2C(N)=O)cc2cccc(C)c12. The largest absolute Gasteiger partial charge is 0.366 e. The lowest BCUT2D eigenvalue weighted by atomic mass is 10.0. The Morgan fingerprint density at radius 2 is 2.00 bits per heavy atom. The van der Waals surface area contributed by atoms with Gasteiger partial charge in [-0.3, -0.25) is 9.78 Å². The minimum absolute atomic E-state index is 0.208. The first-order valence-electron chi connectivity index (χ1n) is 6.84. The van der Waals surface area contributed by atoms with Crippen LogP contribution in [0.5, 0.6) is 0 Å². The summed E-state index contributed by atoms with van der Waals surface area (Å²) >= 11 is 0. The minimum atomic E-state index is -0.497. The molecule has 0 saturated carbocycles. The van der Waals surface area contributed by atoms with E-state index in [1.165, 1.54) is 0 Å². The molecule has 0 spiro atoms. The standard InChI is InChI=1S/C17H14N2O/c1-11-5-4-6-12-9-16(19-10-15(11)12)13-7-2-3-8-14(13)17(18)20/h2-10H,1H3,(H2,18,20)/i10D. The van der Waals surface area contributed by atoms with Crippen molar-refractivity contribution in [3.05, 3.63) is 65.8 Å². The molecule has 3 rings (SSSR count). The molecule has 0 atom stereocenters. The first-order chi connectivity index (χ1) is 10.1. The number of hydrogen-bond acceptors (Lipinski definition) is 2. The molecule has 1 heterocycles. The zero-order valence-corrected chi connectivity index (χ0v) is 11.1. The van der Waals surface area contributed by atoms with Crippen LogP contribution in [0.1, 0.15) is 17.3 Å². The lowest BCUT2D eigenvalue weighted by molar-refractivity contribution is 0.100. The molecule has 1 amide bonds. The van der Waals surface area contributed by atoms with Crippen molar-refractivity contribution in [2.24, 2.45) is 5.73 Å². The number of pyridine rings is 1. The predicted molar refractivity (Wildman–Crippen MR) is 80.4 cm³/mol. The highest BCUT2D eigenvalue weighted by molar-refractivity contribution is 6.00. The van der Waals surface area contributed by atoms with Crippen molar-refractivity contribution in [1.82, 2.24) is 4.98 Å². The van der Waals surface area contributed by atoms with E-state index in [0.717, 1.165) is 16.3 Å². The monoisotopic (exact) mass is 263 g/mol. The Balaban J connectivity index is 2.30. The van der Waals surface area contributed by atoms with Gasteiger partial charge < -0.3 is 5.73 Å². The first-order valence-corrected chi connectivity index (χ1v) is 6.34. The third-order valence-electron chi connectivity index (χ3n) is 3.35. The molecule has 0 fully saturated rings. The second-order valence-corrected chi connectivity index (χ2v) is 4.70. The third-order valence-corrected chi connectivity index (χ3v) is 3.35. The highest BCUT2D eigenvalue weighted by atomic mass is 16.1. The first kappa shape index (κ1) is 11.2. The van der Waals surface area contributed by atoms with Crippen molar-refractivity contribution < 1.29 is 6.17 Å². The molecule has 0 radical (unpaired) electrons. The van der Waals surface area contributed by atoms with Crippen LogP contribution in [-0.2, 0) is 0 Å². The van der Waals surface area contributed by atoms with E-state index in [0.29, 0.717) is 16.8 Å². The Kier molecular flexibility index (Phi) is 2.67. The summed E-state index contributed by atoms with van der Waals surface area (Å²) in [5.74, 6) is -0.497. The van der Waals surface area contributed by atoms with Crippen LogP contribution in [-0.4, -0.2) is 10.9 Å². The predicted octanol–water partition coefficient (Wildman–Crippen LogP) is 3.31. The smallest absolute Gasteiger partial charge is 0.249 e. The van der Waals surface area contributed by atoms with Gasteiger partial charge in [0.2, 0.25) is 5.91 Å². The summed E-state index contributed by atoms with van der Waals surface area (Å²) in [4.78, 5) is 15.9. The van der Waals surface area contributed by atoms with Gasteiger partial charge in [-0.15, -0.1) is 0 Å². The van der Waals surface area contributed by atoms with Crippen LogP contribution >= 0.6 is 0 Å². The van der Waals surface area contributed by atoms with Crippen LogP contribution in [0.25, 0.3) is 22.0 Å². The van der Waals surface area contributed by atoms with Crippen LogP contribution in [0.4, 0.5) is 0 Å².